The van der Waals surface area contributed by atoms with Crippen LogP contribution in [0.25, 0.3) is 0 Å². The number of hydrogen-bond acceptors (Lipinski definition) is 3. The number of ether oxygens (including phenoxy) is 2. The van der Waals surface area contributed by atoms with Gasteiger partial charge in [-0.05, 0) is 36.4 Å². The number of fused-ring (bicyclic) bond motifs is 1. The Labute approximate surface area is 129 Å². The first-order valence-electron chi connectivity index (χ1n) is 6.41. The molecule has 1 atom stereocenters. The van der Waals surface area contributed by atoms with Gasteiger partial charge in [-0.15, -0.1) is 0 Å². The van der Waals surface area contributed by atoms with E-state index in [1.807, 2.05) is 0 Å². The van der Waals surface area contributed by atoms with Gasteiger partial charge in [0.05, 0.1) is 19.1 Å². The molecule has 0 bridgehead atoms. The molecule has 0 saturated carbocycles. The van der Waals surface area contributed by atoms with E-state index >= 15 is 0 Å². The van der Waals surface area contributed by atoms with Gasteiger partial charge in [0.1, 0.15) is 23.4 Å². The molecule has 5 heteroatoms. The zero-order valence-corrected chi connectivity index (χ0v) is 12.8. The number of carbonyl (C=O) groups is 1. The Morgan fingerprint density at radius 1 is 1.29 bits per heavy atom. The third-order valence-corrected chi connectivity index (χ3v) is 4.15. The number of Topliss-reactive ketones (excluding diaryl/α,β-unsaturated/α-hetero) is 1. The second-order valence-corrected chi connectivity index (χ2v) is 5.62. The lowest BCUT2D eigenvalue weighted by atomic mass is 9.96. The number of benzene rings is 2. The number of halogens is 2. The molecule has 0 aromatic heterocycles. The topological polar surface area (TPSA) is 35.5 Å². The highest BCUT2D eigenvalue weighted by molar-refractivity contribution is 9.10. The van der Waals surface area contributed by atoms with Crippen LogP contribution in [0.4, 0.5) is 4.39 Å². The quantitative estimate of drug-likeness (QED) is 0.809. The summed E-state index contributed by atoms with van der Waals surface area (Å²) in [7, 11) is 1.54. The van der Waals surface area contributed by atoms with Crippen molar-refractivity contribution >= 4 is 21.7 Å². The maximum Gasteiger partial charge on any atom is 0.170 e. The van der Waals surface area contributed by atoms with Crippen molar-refractivity contribution in [2.75, 3.05) is 7.11 Å². The van der Waals surface area contributed by atoms with E-state index < -0.39 is 6.10 Å². The Kier molecular flexibility index (Phi) is 3.68. The molecular weight excluding hydrogens is 339 g/mol. The Morgan fingerprint density at radius 3 is 2.86 bits per heavy atom. The van der Waals surface area contributed by atoms with Crippen molar-refractivity contribution in [3.8, 4) is 11.5 Å². The van der Waals surface area contributed by atoms with E-state index in [2.05, 4.69) is 15.9 Å². The summed E-state index contributed by atoms with van der Waals surface area (Å²) in [5.41, 5.74) is 1.13. The maximum absolute atomic E-state index is 13.4. The molecule has 0 spiro atoms. The summed E-state index contributed by atoms with van der Waals surface area (Å²) < 4.78 is 25.1. The van der Waals surface area contributed by atoms with Crippen LogP contribution in [0.15, 0.2) is 40.9 Å². The van der Waals surface area contributed by atoms with Crippen molar-refractivity contribution in [1.82, 2.24) is 0 Å². The summed E-state index contributed by atoms with van der Waals surface area (Å²) in [6, 6.07) is 9.45. The smallest absolute Gasteiger partial charge is 0.170 e. The lowest BCUT2D eigenvalue weighted by molar-refractivity contribution is 0.0848. The van der Waals surface area contributed by atoms with Gasteiger partial charge in [-0.1, -0.05) is 15.9 Å². The van der Waals surface area contributed by atoms with Crippen LogP contribution in [-0.4, -0.2) is 12.9 Å². The molecule has 1 aliphatic heterocycles. The van der Waals surface area contributed by atoms with Gasteiger partial charge in [0.15, 0.2) is 5.78 Å². The van der Waals surface area contributed by atoms with Gasteiger partial charge < -0.3 is 9.47 Å². The van der Waals surface area contributed by atoms with Crippen molar-refractivity contribution in [2.45, 2.75) is 12.5 Å². The minimum atomic E-state index is -0.497. The zero-order valence-electron chi connectivity index (χ0n) is 11.2. The molecule has 2 aromatic carbocycles. The minimum absolute atomic E-state index is 0.0451. The van der Waals surface area contributed by atoms with Gasteiger partial charge in [0.25, 0.3) is 0 Å². The number of hydrogen-bond donors (Lipinski definition) is 0. The summed E-state index contributed by atoms with van der Waals surface area (Å²) in [6.07, 6.45) is -0.328. The van der Waals surface area contributed by atoms with Gasteiger partial charge in [-0.2, -0.15) is 0 Å². The van der Waals surface area contributed by atoms with Crippen LogP contribution >= 0.6 is 15.9 Å². The lowest BCUT2D eigenvalue weighted by Gasteiger charge is -2.26. The first kappa shape index (κ1) is 14.1. The number of methoxy groups -OCH3 is 1. The summed E-state index contributed by atoms with van der Waals surface area (Å²) in [4.78, 5) is 12.3. The number of carbonyl (C=O) groups excluding carboxylic acids is 1. The van der Waals surface area contributed by atoms with Crippen LogP contribution < -0.4 is 9.47 Å². The summed E-state index contributed by atoms with van der Waals surface area (Å²) in [5, 5.41) is 0. The molecule has 3 nitrogen and oxygen atoms in total. The fourth-order valence-corrected chi connectivity index (χ4v) is 2.87. The third-order valence-electron chi connectivity index (χ3n) is 3.43. The molecule has 0 aliphatic carbocycles. The molecule has 2 aromatic rings. The fraction of sp³-hybridized carbons (Fsp3) is 0.188. The molecular formula is C16H12BrFO3. The van der Waals surface area contributed by atoms with E-state index in [1.54, 1.807) is 31.4 Å². The van der Waals surface area contributed by atoms with Crippen molar-refractivity contribution in [3.05, 3.63) is 57.8 Å². The molecule has 0 fully saturated rings. The molecule has 108 valence electrons. The molecule has 21 heavy (non-hydrogen) atoms. The third kappa shape index (κ3) is 2.65. The van der Waals surface area contributed by atoms with Crippen molar-refractivity contribution in [3.63, 3.8) is 0 Å². The number of rotatable bonds is 2. The van der Waals surface area contributed by atoms with Gasteiger partial charge in [-0.3, -0.25) is 4.79 Å². The molecule has 0 amide bonds. The van der Waals surface area contributed by atoms with E-state index in [0.717, 1.165) is 4.47 Å². The average molecular weight is 351 g/mol. The Balaban J connectivity index is 1.98. The van der Waals surface area contributed by atoms with E-state index in [0.29, 0.717) is 22.6 Å². The summed E-state index contributed by atoms with van der Waals surface area (Å²) in [6.45, 7) is 0. The molecule has 1 aliphatic rings. The first-order valence-corrected chi connectivity index (χ1v) is 7.20. The van der Waals surface area contributed by atoms with Crippen LogP contribution in [0.3, 0.4) is 0 Å². The Hall–Kier alpha value is -1.88. The van der Waals surface area contributed by atoms with Crippen LogP contribution in [-0.2, 0) is 0 Å². The maximum atomic E-state index is 13.4. The monoisotopic (exact) mass is 350 g/mol. The van der Waals surface area contributed by atoms with Crippen LogP contribution in [0.2, 0.25) is 0 Å². The van der Waals surface area contributed by atoms with Gasteiger partial charge in [-0.25, -0.2) is 4.39 Å². The van der Waals surface area contributed by atoms with Crippen LogP contribution in [0, 0.1) is 5.82 Å². The SMILES string of the molecule is COc1ccc2c(c1)C(=O)CC(c1cc(F)ccc1Br)O2. The normalized spacial score (nSPS) is 17.1. The van der Waals surface area contributed by atoms with E-state index in [9.17, 15) is 9.18 Å². The minimum Gasteiger partial charge on any atom is -0.497 e. The second kappa shape index (κ2) is 5.48. The zero-order chi connectivity index (χ0) is 15.0. The van der Waals surface area contributed by atoms with E-state index in [4.69, 9.17) is 9.47 Å². The molecule has 0 radical (unpaired) electrons. The van der Waals surface area contributed by atoms with E-state index in [-0.39, 0.29) is 18.0 Å². The van der Waals surface area contributed by atoms with Crippen LogP contribution in [0.5, 0.6) is 11.5 Å². The van der Waals surface area contributed by atoms with Gasteiger partial charge >= 0.3 is 0 Å². The molecule has 1 unspecified atom stereocenters. The second-order valence-electron chi connectivity index (χ2n) is 4.76. The van der Waals surface area contributed by atoms with Gasteiger partial charge in [0.2, 0.25) is 0 Å². The average Bonchev–Trinajstić information content (AvgIpc) is 2.49. The first-order chi connectivity index (χ1) is 10.1. The Morgan fingerprint density at radius 2 is 2.10 bits per heavy atom. The fourth-order valence-electron chi connectivity index (χ4n) is 2.36. The predicted octanol–water partition coefficient (Wildman–Crippen LogP) is 4.30. The molecule has 0 N–H and O–H groups in total. The highest BCUT2D eigenvalue weighted by atomic mass is 79.9. The van der Waals surface area contributed by atoms with E-state index in [1.165, 1.54) is 12.1 Å². The van der Waals surface area contributed by atoms with Crippen LogP contribution in [0.1, 0.15) is 28.4 Å². The highest BCUT2D eigenvalue weighted by Crippen LogP contribution is 2.38. The molecule has 1 heterocycles. The van der Waals surface area contributed by atoms with Crippen molar-refractivity contribution in [1.29, 1.82) is 0 Å². The van der Waals surface area contributed by atoms with Crippen molar-refractivity contribution < 1.29 is 18.7 Å². The molecule has 0 saturated heterocycles. The van der Waals surface area contributed by atoms with Gasteiger partial charge in [0, 0.05) is 10.0 Å². The molecule has 3 rings (SSSR count). The number of ketones is 1. The summed E-state index contributed by atoms with van der Waals surface area (Å²) in [5.74, 6) is 0.699. The Bertz CT molecular complexity index is 715. The van der Waals surface area contributed by atoms with Crippen molar-refractivity contribution in [2.24, 2.45) is 0 Å². The lowest BCUT2D eigenvalue weighted by Crippen LogP contribution is -2.20. The largest absolute Gasteiger partial charge is 0.497 e. The highest BCUT2D eigenvalue weighted by Gasteiger charge is 2.29. The standard InChI is InChI=1S/C16H12BrFO3/c1-20-10-3-5-15-12(7-10)14(19)8-16(21-15)11-6-9(18)2-4-13(11)17/h2-7,16H,8H2,1H3. The summed E-state index contributed by atoms with van der Waals surface area (Å²) >= 11 is 3.37. The predicted molar refractivity (Wildman–Crippen MR) is 79.4 cm³/mol.